The summed E-state index contributed by atoms with van der Waals surface area (Å²) in [5, 5.41) is 0. The van der Waals surface area contributed by atoms with E-state index < -0.39 is 6.10 Å². The molecular formula is C60H104O6. The van der Waals surface area contributed by atoms with Crippen LogP contribution in [0.25, 0.3) is 0 Å². The summed E-state index contributed by atoms with van der Waals surface area (Å²) in [4.78, 5) is 38.1. The van der Waals surface area contributed by atoms with E-state index >= 15 is 0 Å². The molecule has 0 heterocycles. The third kappa shape index (κ3) is 51.8. The van der Waals surface area contributed by atoms with E-state index in [1.807, 2.05) is 0 Å². The molecule has 0 fully saturated rings. The summed E-state index contributed by atoms with van der Waals surface area (Å²) in [5.74, 6) is -0.912. The van der Waals surface area contributed by atoms with E-state index in [9.17, 15) is 14.4 Å². The molecule has 0 rings (SSSR count). The SMILES string of the molecule is CC/C=C\C/C=C\C/C=C\C/C=C\CCCCCCCCC(=O)OCC(COC(=O)CCCCCCC/C=C\CCCCCCC)OC(=O)CCCCCCC/C=C\CCCCCCCC. The van der Waals surface area contributed by atoms with Crippen molar-refractivity contribution in [1.29, 1.82) is 0 Å². The van der Waals surface area contributed by atoms with Gasteiger partial charge >= 0.3 is 17.9 Å². The standard InChI is InChI=1S/C60H104O6/c1-4-7-10-13-16-19-22-25-28-29-30-31-33-35-38-41-44-47-50-53-59(62)65-56-57(55-64-58(61)52-49-46-43-40-37-34-27-24-21-18-15-12-9-6-3)66-60(63)54-51-48-45-42-39-36-32-26-23-20-17-14-11-8-5-2/h7,10,16,19,24-28,30-32,57H,4-6,8-9,11-15,17-18,20-23,29,33-56H2,1-3H3/b10-7-,19-16-,27-24-,28-25-,31-30-,32-26-. The fourth-order valence-corrected chi connectivity index (χ4v) is 7.72. The van der Waals surface area contributed by atoms with E-state index in [0.29, 0.717) is 19.3 Å². The zero-order valence-electron chi connectivity index (χ0n) is 43.4. The van der Waals surface area contributed by atoms with Gasteiger partial charge in [0.1, 0.15) is 13.2 Å². The van der Waals surface area contributed by atoms with Gasteiger partial charge in [0.2, 0.25) is 0 Å². The molecule has 1 unspecified atom stereocenters. The Morgan fingerprint density at radius 1 is 0.318 bits per heavy atom. The van der Waals surface area contributed by atoms with E-state index in [1.54, 1.807) is 0 Å². The second-order valence-electron chi connectivity index (χ2n) is 18.5. The van der Waals surface area contributed by atoms with Crippen molar-refractivity contribution in [3.8, 4) is 0 Å². The predicted octanol–water partition coefficient (Wildman–Crippen LogP) is 18.6. The van der Waals surface area contributed by atoms with E-state index in [2.05, 4.69) is 93.7 Å². The first-order valence-corrected chi connectivity index (χ1v) is 27.9. The molecule has 0 aliphatic carbocycles. The molecule has 0 radical (unpaired) electrons. The molecule has 0 aromatic carbocycles. The minimum Gasteiger partial charge on any atom is -0.462 e. The second-order valence-corrected chi connectivity index (χ2v) is 18.5. The lowest BCUT2D eigenvalue weighted by Gasteiger charge is -2.18. The van der Waals surface area contributed by atoms with Crippen molar-refractivity contribution in [3.63, 3.8) is 0 Å². The quantitative estimate of drug-likeness (QED) is 0.0262. The molecule has 0 spiro atoms. The third-order valence-electron chi connectivity index (χ3n) is 11.9. The van der Waals surface area contributed by atoms with E-state index in [4.69, 9.17) is 14.2 Å². The highest BCUT2D eigenvalue weighted by atomic mass is 16.6. The van der Waals surface area contributed by atoms with Gasteiger partial charge in [0, 0.05) is 19.3 Å². The summed E-state index contributed by atoms with van der Waals surface area (Å²) >= 11 is 0. The highest BCUT2D eigenvalue weighted by molar-refractivity contribution is 5.71. The molecule has 6 nitrogen and oxygen atoms in total. The lowest BCUT2D eigenvalue weighted by molar-refractivity contribution is -0.167. The molecule has 380 valence electrons. The van der Waals surface area contributed by atoms with Crippen LogP contribution >= 0.6 is 0 Å². The number of carbonyl (C=O) groups is 3. The third-order valence-corrected chi connectivity index (χ3v) is 11.9. The van der Waals surface area contributed by atoms with Gasteiger partial charge in [-0.3, -0.25) is 14.4 Å². The van der Waals surface area contributed by atoms with E-state index in [-0.39, 0.29) is 31.1 Å². The molecule has 1 atom stereocenters. The maximum atomic E-state index is 12.8. The Labute approximate surface area is 408 Å². The maximum absolute atomic E-state index is 12.8. The van der Waals surface area contributed by atoms with Gasteiger partial charge in [0.25, 0.3) is 0 Å². The lowest BCUT2D eigenvalue weighted by atomic mass is 10.1. The molecule has 0 aliphatic rings. The summed E-state index contributed by atoms with van der Waals surface area (Å²) in [6.45, 7) is 6.50. The maximum Gasteiger partial charge on any atom is 0.306 e. The van der Waals surface area contributed by atoms with Gasteiger partial charge < -0.3 is 14.2 Å². The van der Waals surface area contributed by atoms with Crippen LogP contribution in [0.2, 0.25) is 0 Å². The summed E-state index contributed by atoms with van der Waals surface area (Å²) in [6, 6.07) is 0. The monoisotopic (exact) mass is 921 g/mol. The number of hydrogen-bond donors (Lipinski definition) is 0. The average molecular weight is 921 g/mol. The first kappa shape index (κ1) is 62.8. The largest absolute Gasteiger partial charge is 0.462 e. The Kier molecular flexibility index (Phi) is 51.9. The van der Waals surface area contributed by atoms with Crippen LogP contribution in [0.5, 0.6) is 0 Å². The van der Waals surface area contributed by atoms with Gasteiger partial charge in [-0.05, 0) is 109 Å². The highest BCUT2D eigenvalue weighted by Crippen LogP contribution is 2.14. The minimum atomic E-state index is -0.789. The summed E-state index contributed by atoms with van der Waals surface area (Å²) in [6.07, 6.45) is 68.8. The summed E-state index contributed by atoms with van der Waals surface area (Å²) in [5.41, 5.74) is 0. The van der Waals surface area contributed by atoms with Crippen LogP contribution in [0.15, 0.2) is 72.9 Å². The van der Waals surface area contributed by atoms with Gasteiger partial charge in [-0.25, -0.2) is 0 Å². The van der Waals surface area contributed by atoms with Crippen molar-refractivity contribution < 1.29 is 28.6 Å². The molecule has 0 bridgehead atoms. The zero-order valence-corrected chi connectivity index (χ0v) is 43.4. The number of ether oxygens (including phenoxy) is 3. The van der Waals surface area contributed by atoms with Crippen LogP contribution in [0.1, 0.15) is 271 Å². The number of hydrogen-bond acceptors (Lipinski definition) is 6. The van der Waals surface area contributed by atoms with E-state index in [1.165, 1.54) is 122 Å². The van der Waals surface area contributed by atoms with Gasteiger partial charge in [0.05, 0.1) is 0 Å². The Bertz CT molecular complexity index is 1240. The fourth-order valence-electron chi connectivity index (χ4n) is 7.72. The molecule has 0 N–H and O–H groups in total. The van der Waals surface area contributed by atoms with Crippen molar-refractivity contribution >= 4 is 17.9 Å². The zero-order chi connectivity index (χ0) is 47.9. The average Bonchev–Trinajstić information content (AvgIpc) is 3.31. The molecule has 6 heteroatoms. The van der Waals surface area contributed by atoms with Crippen molar-refractivity contribution in [1.82, 2.24) is 0 Å². The topological polar surface area (TPSA) is 78.9 Å². The second kappa shape index (κ2) is 54.5. The van der Waals surface area contributed by atoms with Gasteiger partial charge in [0.15, 0.2) is 6.10 Å². The fraction of sp³-hybridized carbons (Fsp3) is 0.750. The molecule has 0 aromatic rings. The van der Waals surface area contributed by atoms with Crippen molar-refractivity contribution in [2.24, 2.45) is 0 Å². The Morgan fingerprint density at radius 2 is 0.591 bits per heavy atom. The smallest absolute Gasteiger partial charge is 0.306 e. The van der Waals surface area contributed by atoms with Crippen LogP contribution in [-0.4, -0.2) is 37.2 Å². The Hall–Kier alpha value is -3.15. The first-order valence-electron chi connectivity index (χ1n) is 27.9. The number of esters is 3. The summed E-state index contributed by atoms with van der Waals surface area (Å²) < 4.78 is 16.8. The molecule has 0 aromatic heterocycles. The Balaban J connectivity index is 4.41. The highest BCUT2D eigenvalue weighted by Gasteiger charge is 2.19. The van der Waals surface area contributed by atoms with Crippen LogP contribution in [0.3, 0.4) is 0 Å². The van der Waals surface area contributed by atoms with Crippen molar-refractivity contribution in [2.75, 3.05) is 13.2 Å². The Morgan fingerprint density at radius 3 is 0.939 bits per heavy atom. The van der Waals surface area contributed by atoms with Crippen LogP contribution in [0, 0.1) is 0 Å². The first-order chi connectivity index (χ1) is 32.5. The molecule has 0 amide bonds. The van der Waals surface area contributed by atoms with Gasteiger partial charge in [-0.15, -0.1) is 0 Å². The molecular weight excluding hydrogens is 817 g/mol. The van der Waals surface area contributed by atoms with Crippen molar-refractivity contribution in [3.05, 3.63) is 72.9 Å². The molecule has 0 saturated carbocycles. The molecule has 66 heavy (non-hydrogen) atoms. The number of rotatable bonds is 50. The van der Waals surface area contributed by atoms with Crippen LogP contribution in [-0.2, 0) is 28.6 Å². The van der Waals surface area contributed by atoms with E-state index in [0.717, 1.165) is 109 Å². The van der Waals surface area contributed by atoms with Crippen LogP contribution < -0.4 is 0 Å². The molecule has 0 saturated heterocycles. The minimum absolute atomic E-state index is 0.0872. The lowest BCUT2D eigenvalue weighted by Crippen LogP contribution is -2.30. The van der Waals surface area contributed by atoms with Crippen LogP contribution in [0.4, 0.5) is 0 Å². The van der Waals surface area contributed by atoms with Gasteiger partial charge in [-0.2, -0.15) is 0 Å². The number of allylic oxidation sites excluding steroid dienone is 12. The van der Waals surface area contributed by atoms with Crippen molar-refractivity contribution in [2.45, 2.75) is 277 Å². The predicted molar refractivity (Wildman–Crippen MR) is 284 cm³/mol. The molecule has 0 aliphatic heterocycles. The number of carbonyl (C=O) groups excluding carboxylic acids is 3. The summed E-state index contributed by atoms with van der Waals surface area (Å²) in [7, 11) is 0. The van der Waals surface area contributed by atoms with Gasteiger partial charge in [-0.1, -0.05) is 216 Å². The number of unbranched alkanes of at least 4 members (excludes halogenated alkanes) is 27. The normalized spacial score (nSPS) is 12.6.